The highest BCUT2D eigenvalue weighted by molar-refractivity contribution is 7.89. The molecule has 1 heterocycles. The molecule has 1 aromatic rings. The van der Waals surface area contributed by atoms with E-state index in [1.807, 2.05) is 12.1 Å². The minimum atomic E-state index is -3.37. The molecule has 2 rings (SSSR count). The van der Waals surface area contributed by atoms with Gasteiger partial charge in [0.05, 0.1) is 4.90 Å². The molecule has 6 heteroatoms. The van der Waals surface area contributed by atoms with Crippen molar-refractivity contribution in [1.82, 2.24) is 10.0 Å². The lowest BCUT2D eigenvalue weighted by molar-refractivity contribution is 0.380. The Morgan fingerprint density at radius 1 is 1.30 bits per heavy atom. The number of rotatable bonds is 4. The molecule has 112 valence electrons. The molecule has 0 bridgehead atoms. The normalized spacial score (nSPS) is 19.1. The molecular weight excluding hydrogens is 274 g/mol. The Labute approximate surface area is 121 Å². The number of hydrogen-bond donors (Lipinski definition) is 2. The molecule has 0 unspecified atom stereocenters. The van der Waals surface area contributed by atoms with Crippen molar-refractivity contribution in [1.29, 1.82) is 0 Å². The van der Waals surface area contributed by atoms with Crippen molar-refractivity contribution >= 4 is 15.7 Å². The number of anilines is 1. The summed E-state index contributed by atoms with van der Waals surface area (Å²) in [5.74, 6) is 0. The second kappa shape index (κ2) is 5.71. The van der Waals surface area contributed by atoms with Crippen LogP contribution in [0.15, 0.2) is 29.2 Å². The molecule has 0 amide bonds. The van der Waals surface area contributed by atoms with E-state index < -0.39 is 10.0 Å². The van der Waals surface area contributed by atoms with E-state index in [4.69, 9.17) is 0 Å². The van der Waals surface area contributed by atoms with Gasteiger partial charge >= 0.3 is 0 Å². The minimum Gasteiger partial charge on any atom is -0.364 e. The molecule has 0 spiro atoms. The molecule has 5 nitrogen and oxygen atoms in total. The molecular formula is C14H23N3O2S. The maximum absolute atomic E-state index is 11.9. The number of piperazine rings is 1. The topological polar surface area (TPSA) is 61.4 Å². The van der Waals surface area contributed by atoms with Crippen molar-refractivity contribution in [3.8, 4) is 0 Å². The molecule has 1 saturated heterocycles. The second-order valence-corrected chi connectivity index (χ2v) is 7.40. The monoisotopic (exact) mass is 297 g/mol. The molecule has 0 aromatic heterocycles. The third-order valence-electron chi connectivity index (χ3n) is 3.59. The number of nitrogens with zero attached hydrogens (tertiary/aromatic N) is 1. The molecule has 0 atom stereocenters. The quantitative estimate of drug-likeness (QED) is 0.876. The summed E-state index contributed by atoms with van der Waals surface area (Å²) in [4.78, 5) is 2.63. The van der Waals surface area contributed by atoms with Crippen molar-refractivity contribution in [3.63, 3.8) is 0 Å². The standard InChI is InChI=1S/C14H23N3O2S/c1-4-16-20(18,19)13-7-5-12(6-8-13)17-10-9-15-11-14(17,2)3/h5-8,15-16H,4,9-11H2,1-3H3. The van der Waals surface area contributed by atoms with E-state index in [-0.39, 0.29) is 5.54 Å². The maximum Gasteiger partial charge on any atom is 0.240 e. The zero-order chi connectivity index (χ0) is 14.8. The summed E-state index contributed by atoms with van der Waals surface area (Å²) < 4.78 is 26.3. The van der Waals surface area contributed by atoms with Gasteiger partial charge in [-0.25, -0.2) is 13.1 Å². The molecule has 0 saturated carbocycles. The third-order valence-corrected chi connectivity index (χ3v) is 5.16. The smallest absolute Gasteiger partial charge is 0.240 e. The van der Waals surface area contributed by atoms with Crippen LogP contribution in [0.1, 0.15) is 20.8 Å². The van der Waals surface area contributed by atoms with Crippen LogP contribution in [-0.4, -0.2) is 40.1 Å². The first kappa shape index (κ1) is 15.3. The maximum atomic E-state index is 11.9. The molecule has 1 aliphatic rings. The summed E-state index contributed by atoms with van der Waals surface area (Å²) in [5.41, 5.74) is 1.09. The summed E-state index contributed by atoms with van der Waals surface area (Å²) in [7, 11) is -3.37. The molecule has 0 radical (unpaired) electrons. The molecule has 2 N–H and O–H groups in total. The van der Waals surface area contributed by atoms with E-state index in [1.54, 1.807) is 19.1 Å². The molecule has 20 heavy (non-hydrogen) atoms. The van der Waals surface area contributed by atoms with Crippen LogP contribution in [0.2, 0.25) is 0 Å². The van der Waals surface area contributed by atoms with Gasteiger partial charge in [0.2, 0.25) is 10.0 Å². The van der Waals surface area contributed by atoms with Crippen LogP contribution in [0.4, 0.5) is 5.69 Å². The Balaban J connectivity index is 2.24. The fourth-order valence-electron chi connectivity index (χ4n) is 2.54. The first-order valence-corrected chi connectivity index (χ1v) is 8.43. The van der Waals surface area contributed by atoms with Gasteiger partial charge in [0.1, 0.15) is 0 Å². The van der Waals surface area contributed by atoms with E-state index in [1.165, 1.54) is 0 Å². The van der Waals surface area contributed by atoms with Crippen LogP contribution in [0.3, 0.4) is 0 Å². The number of sulfonamides is 1. The average molecular weight is 297 g/mol. The van der Waals surface area contributed by atoms with Gasteiger partial charge in [0.15, 0.2) is 0 Å². The summed E-state index contributed by atoms with van der Waals surface area (Å²) in [5, 5.41) is 3.38. The van der Waals surface area contributed by atoms with Gasteiger partial charge in [0.25, 0.3) is 0 Å². The zero-order valence-corrected chi connectivity index (χ0v) is 13.1. The summed E-state index contributed by atoms with van der Waals surface area (Å²) >= 11 is 0. The Kier molecular flexibility index (Phi) is 4.36. The van der Waals surface area contributed by atoms with Gasteiger partial charge in [-0.3, -0.25) is 0 Å². The Morgan fingerprint density at radius 2 is 1.95 bits per heavy atom. The Morgan fingerprint density at radius 3 is 2.50 bits per heavy atom. The van der Waals surface area contributed by atoms with Gasteiger partial charge in [-0.1, -0.05) is 6.92 Å². The molecule has 1 fully saturated rings. The fraction of sp³-hybridized carbons (Fsp3) is 0.571. The highest BCUT2D eigenvalue weighted by Crippen LogP contribution is 2.26. The van der Waals surface area contributed by atoms with E-state index >= 15 is 0 Å². The molecule has 1 aromatic carbocycles. The van der Waals surface area contributed by atoms with E-state index in [2.05, 4.69) is 28.8 Å². The van der Waals surface area contributed by atoms with Gasteiger partial charge in [0, 0.05) is 37.4 Å². The second-order valence-electron chi connectivity index (χ2n) is 5.64. The van der Waals surface area contributed by atoms with Crippen molar-refractivity contribution in [3.05, 3.63) is 24.3 Å². The lowest BCUT2D eigenvalue weighted by Gasteiger charge is -2.44. The fourth-order valence-corrected chi connectivity index (χ4v) is 3.58. The van der Waals surface area contributed by atoms with Crippen molar-refractivity contribution in [2.45, 2.75) is 31.2 Å². The van der Waals surface area contributed by atoms with E-state index in [0.29, 0.717) is 11.4 Å². The Bertz CT molecular complexity index is 552. The van der Waals surface area contributed by atoms with Crippen LogP contribution in [0.5, 0.6) is 0 Å². The number of nitrogens with one attached hydrogen (secondary N) is 2. The average Bonchev–Trinajstić information content (AvgIpc) is 2.38. The minimum absolute atomic E-state index is 0.0281. The summed E-state index contributed by atoms with van der Waals surface area (Å²) in [6, 6.07) is 7.12. The number of hydrogen-bond acceptors (Lipinski definition) is 4. The zero-order valence-electron chi connectivity index (χ0n) is 12.3. The van der Waals surface area contributed by atoms with Crippen molar-refractivity contribution in [2.75, 3.05) is 31.1 Å². The lowest BCUT2D eigenvalue weighted by atomic mass is 9.99. The van der Waals surface area contributed by atoms with Crippen LogP contribution >= 0.6 is 0 Å². The van der Waals surface area contributed by atoms with Gasteiger partial charge < -0.3 is 10.2 Å². The van der Waals surface area contributed by atoms with Crippen LogP contribution in [0, 0.1) is 0 Å². The summed E-state index contributed by atoms with van der Waals surface area (Å²) in [6.45, 7) is 9.33. The first-order chi connectivity index (χ1) is 9.37. The van der Waals surface area contributed by atoms with Gasteiger partial charge in [-0.2, -0.15) is 0 Å². The SMILES string of the molecule is CCNS(=O)(=O)c1ccc(N2CCNCC2(C)C)cc1. The highest BCUT2D eigenvalue weighted by atomic mass is 32.2. The van der Waals surface area contributed by atoms with Crippen molar-refractivity contribution in [2.24, 2.45) is 0 Å². The van der Waals surface area contributed by atoms with E-state index in [9.17, 15) is 8.42 Å². The lowest BCUT2D eigenvalue weighted by Crippen LogP contribution is -2.58. The van der Waals surface area contributed by atoms with Crippen molar-refractivity contribution < 1.29 is 8.42 Å². The van der Waals surface area contributed by atoms with Crippen LogP contribution in [-0.2, 0) is 10.0 Å². The predicted octanol–water partition coefficient (Wildman–Crippen LogP) is 1.17. The Hall–Kier alpha value is -1.11. The van der Waals surface area contributed by atoms with Gasteiger partial charge in [-0.05, 0) is 38.1 Å². The van der Waals surface area contributed by atoms with Gasteiger partial charge in [-0.15, -0.1) is 0 Å². The third kappa shape index (κ3) is 3.13. The summed E-state index contributed by atoms with van der Waals surface area (Å²) in [6.07, 6.45) is 0. The van der Waals surface area contributed by atoms with Crippen LogP contribution in [0.25, 0.3) is 0 Å². The van der Waals surface area contributed by atoms with Crippen LogP contribution < -0.4 is 14.9 Å². The molecule has 1 aliphatic heterocycles. The largest absolute Gasteiger partial charge is 0.364 e. The number of benzene rings is 1. The predicted molar refractivity (Wildman–Crippen MR) is 81.6 cm³/mol. The molecule has 0 aliphatic carbocycles. The highest BCUT2D eigenvalue weighted by Gasteiger charge is 2.29. The first-order valence-electron chi connectivity index (χ1n) is 6.95. The van der Waals surface area contributed by atoms with E-state index in [0.717, 1.165) is 25.3 Å².